The van der Waals surface area contributed by atoms with Gasteiger partial charge in [0.05, 0.1) is 18.6 Å². The summed E-state index contributed by atoms with van der Waals surface area (Å²) in [6.45, 7) is 0.666. The monoisotopic (exact) mass is 471 g/mol. The fraction of sp³-hybridized carbons (Fsp3) is 0.214. The predicted octanol–water partition coefficient (Wildman–Crippen LogP) is 4.88. The van der Waals surface area contributed by atoms with Crippen LogP contribution in [0.4, 0.5) is 10.1 Å². The van der Waals surface area contributed by atoms with Gasteiger partial charge >= 0.3 is 0 Å². The van der Waals surface area contributed by atoms with E-state index in [2.05, 4.69) is 5.32 Å². The molecule has 35 heavy (non-hydrogen) atoms. The van der Waals surface area contributed by atoms with Crippen LogP contribution in [0.1, 0.15) is 33.4 Å². The number of halogens is 1. The number of aromatic nitrogens is 1. The van der Waals surface area contributed by atoms with E-state index in [0.717, 1.165) is 16.5 Å². The lowest BCUT2D eigenvalue weighted by Gasteiger charge is -2.41. The molecule has 7 heteroatoms. The summed E-state index contributed by atoms with van der Waals surface area (Å²) in [7, 11) is 3.55. The molecule has 6 nitrogen and oxygen atoms in total. The number of carbonyl (C=O) groups excluding carboxylic acids is 2. The van der Waals surface area contributed by atoms with E-state index in [1.54, 1.807) is 24.1 Å². The molecule has 4 aromatic rings. The van der Waals surface area contributed by atoms with Crippen LogP contribution in [-0.2, 0) is 16.6 Å². The largest absolute Gasteiger partial charge is 0.383 e. The van der Waals surface area contributed by atoms with Gasteiger partial charge < -0.3 is 19.5 Å². The fourth-order valence-corrected chi connectivity index (χ4v) is 5.02. The summed E-state index contributed by atoms with van der Waals surface area (Å²) in [5.74, 6) is -1.47. The minimum Gasteiger partial charge on any atom is -0.383 e. The van der Waals surface area contributed by atoms with Crippen LogP contribution in [0.2, 0.25) is 0 Å². The van der Waals surface area contributed by atoms with Crippen molar-refractivity contribution in [2.45, 2.75) is 12.0 Å². The van der Waals surface area contributed by atoms with E-state index in [0.29, 0.717) is 30.0 Å². The van der Waals surface area contributed by atoms with Crippen molar-refractivity contribution in [3.05, 3.63) is 102 Å². The molecule has 0 spiro atoms. The normalized spacial score (nSPS) is 17.5. The van der Waals surface area contributed by atoms with Gasteiger partial charge in [-0.15, -0.1) is 0 Å². The van der Waals surface area contributed by atoms with Crippen LogP contribution >= 0.6 is 0 Å². The van der Waals surface area contributed by atoms with E-state index in [9.17, 15) is 14.0 Å². The molecule has 2 atom stereocenters. The number of benzene rings is 3. The minimum atomic E-state index is -0.684. The summed E-state index contributed by atoms with van der Waals surface area (Å²) in [6, 6.07) is 20.3. The SMILES string of the molecule is COCCN1C(=O)c2ccccc2[C@@H](C(=O)Nc2ccc(F)cc2)[C@H]1c1cn(C)c2ccccc12. The maximum atomic E-state index is 13.9. The molecule has 2 amide bonds. The molecule has 5 rings (SSSR count). The Bertz CT molecular complexity index is 1400. The average Bonchev–Trinajstić information content (AvgIpc) is 3.21. The highest BCUT2D eigenvalue weighted by Gasteiger charge is 2.45. The molecule has 0 fully saturated rings. The Morgan fingerprint density at radius 1 is 1.00 bits per heavy atom. The summed E-state index contributed by atoms with van der Waals surface area (Å²) < 4.78 is 20.8. The number of nitrogens with zero attached hydrogens (tertiary/aromatic N) is 2. The fourth-order valence-electron chi connectivity index (χ4n) is 5.02. The van der Waals surface area contributed by atoms with Gasteiger partial charge in [-0.3, -0.25) is 9.59 Å². The smallest absolute Gasteiger partial charge is 0.254 e. The van der Waals surface area contributed by atoms with Crippen LogP contribution in [-0.4, -0.2) is 41.5 Å². The van der Waals surface area contributed by atoms with Gasteiger partial charge in [0.25, 0.3) is 5.91 Å². The van der Waals surface area contributed by atoms with Gasteiger partial charge in [0.1, 0.15) is 5.82 Å². The lowest BCUT2D eigenvalue weighted by Crippen LogP contribution is -2.47. The molecule has 0 saturated carbocycles. The van der Waals surface area contributed by atoms with Gasteiger partial charge in [-0.25, -0.2) is 4.39 Å². The Labute approximate surface area is 202 Å². The molecule has 3 aromatic carbocycles. The summed E-state index contributed by atoms with van der Waals surface area (Å²) in [4.78, 5) is 29.3. The number of methoxy groups -OCH3 is 1. The number of fused-ring (bicyclic) bond motifs is 2. The van der Waals surface area contributed by atoms with E-state index in [-0.39, 0.29) is 17.6 Å². The Kier molecular flexibility index (Phi) is 6.09. The molecule has 1 aromatic heterocycles. The summed E-state index contributed by atoms with van der Waals surface area (Å²) >= 11 is 0. The lowest BCUT2D eigenvalue weighted by atomic mass is 9.79. The molecule has 1 aliphatic rings. The van der Waals surface area contributed by atoms with Crippen molar-refractivity contribution in [3.8, 4) is 0 Å². The molecule has 0 aliphatic carbocycles. The number of hydrogen-bond donors (Lipinski definition) is 1. The maximum absolute atomic E-state index is 13.9. The molecular weight excluding hydrogens is 445 g/mol. The zero-order valence-corrected chi connectivity index (χ0v) is 19.6. The first-order chi connectivity index (χ1) is 17.0. The first-order valence-electron chi connectivity index (χ1n) is 11.5. The highest BCUT2D eigenvalue weighted by molar-refractivity contribution is 6.05. The molecular formula is C28H26FN3O3. The van der Waals surface area contributed by atoms with E-state index < -0.39 is 12.0 Å². The number of para-hydroxylation sites is 1. The zero-order valence-electron chi connectivity index (χ0n) is 19.6. The molecule has 1 aliphatic heterocycles. The third kappa shape index (κ3) is 4.08. The second kappa shape index (κ2) is 9.35. The van der Waals surface area contributed by atoms with Crippen LogP contribution in [0.3, 0.4) is 0 Å². The van der Waals surface area contributed by atoms with Crippen molar-refractivity contribution >= 4 is 28.4 Å². The number of amides is 2. The summed E-state index contributed by atoms with van der Waals surface area (Å²) in [6.07, 6.45) is 1.99. The highest BCUT2D eigenvalue weighted by atomic mass is 19.1. The van der Waals surface area contributed by atoms with Crippen LogP contribution in [0.15, 0.2) is 79.0 Å². The second-order valence-electron chi connectivity index (χ2n) is 8.71. The quantitative estimate of drug-likeness (QED) is 0.436. The molecule has 1 N–H and O–H groups in total. The first-order valence-corrected chi connectivity index (χ1v) is 11.5. The van der Waals surface area contributed by atoms with Gasteiger partial charge in [-0.1, -0.05) is 36.4 Å². The van der Waals surface area contributed by atoms with E-state index in [1.165, 1.54) is 24.3 Å². The van der Waals surface area contributed by atoms with Gasteiger partial charge in [-0.2, -0.15) is 0 Å². The van der Waals surface area contributed by atoms with Crippen molar-refractivity contribution in [2.75, 3.05) is 25.6 Å². The number of aryl methyl sites for hydroxylation is 1. The topological polar surface area (TPSA) is 63.6 Å². The maximum Gasteiger partial charge on any atom is 0.254 e. The van der Waals surface area contributed by atoms with Crippen molar-refractivity contribution in [1.29, 1.82) is 0 Å². The Morgan fingerprint density at radius 2 is 1.71 bits per heavy atom. The number of hydrogen-bond acceptors (Lipinski definition) is 3. The van der Waals surface area contributed by atoms with Gasteiger partial charge in [0.2, 0.25) is 5.91 Å². The molecule has 0 saturated heterocycles. The molecule has 178 valence electrons. The summed E-state index contributed by atoms with van der Waals surface area (Å²) in [5.41, 5.74) is 3.56. The Hall–Kier alpha value is -3.97. The average molecular weight is 472 g/mol. The van der Waals surface area contributed by atoms with Crippen LogP contribution in [0.25, 0.3) is 10.9 Å². The van der Waals surface area contributed by atoms with E-state index in [4.69, 9.17) is 4.74 Å². The number of nitrogens with one attached hydrogen (secondary N) is 1. The Morgan fingerprint density at radius 3 is 2.49 bits per heavy atom. The minimum absolute atomic E-state index is 0.138. The van der Waals surface area contributed by atoms with Crippen LogP contribution < -0.4 is 5.32 Å². The first kappa shape index (κ1) is 22.8. The van der Waals surface area contributed by atoms with Crippen LogP contribution in [0, 0.1) is 5.82 Å². The predicted molar refractivity (Wildman–Crippen MR) is 133 cm³/mol. The van der Waals surface area contributed by atoms with Crippen molar-refractivity contribution < 1.29 is 18.7 Å². The van der Waals surface area contributed by atoms with Crippen molar-refractivity contribution in [1.82, 2.24) is 9.47 Å². The van der Waals surface area contributed by atoms with Crippen molar-refractivity contribution in [3.63, 3.8) is 0 Å². The Balaban J connectivity index is 1.69. The molecule has 2 heterocycles. The number of carbonyl (C=O) groups is 2. The second-order valence-corrected chi connectivity index (χ2v) is 8.71. The molecule has 0 bridgehead atoms. The van der Waals surface area contributed by atoms with E-state index >= 15 is 0 Å². The van der Waals surface area contributed by atoms with Gasteiger partial charge in [0, 0.05) is 54.6 Å². The standard InChI is InChI=1S/C28H26FN3O3/c1-31-17-23(20-7-5-6-10-24(20)31)26-25(27(33)30-19-13-11-18(29)12-14-19)21-8-3-4-9-22(21)28(34)32(26)15-16-35-2/h3-14,17,25-26H,15-16H2,1-2H3,(H,30,33)/t25-,26-/m1/s1. The van der Waals surface area contributed by atoms with Crippen molar-refractivity contribution in [2.24, 2.45) is 7.05 Å². The van der Waals surface area contributed by atoms with E-state index in [1.807, 2.05) is 54.2 Å². The van der Waals surface area contributed by atoms with Crippen LogP contribution in [0.5, 0.6) is 0 Å². The number of rotatable bonds is 6. The number of anilines is 1. The summed E-state index contributed by atoms with van der Waals surface area (Å²) in [5, 5.41) is 3.92. The van der Waals surface area contributed by atoms with Gasteiger partial charge in [-0.05, 0) is 42.0 Å². The highest BCUT2D eigenvalue weighted by Crippen LogP contribution is 2.45. The molecule has 0 unspecified atom stereocenters. The number of ether oxygens (including phenoxy) is 1. The van der Waals surface area contributed by atoms with Gasteiger partial charge in [0.15, 0.2) is 0 Å². The third-order valence-electron chi connectivity index (χ3n) is 6.62. The lowest BCUT2D eigenvalue weighted by molar-refractivity contribution is -0.119. The third-order valence-corrected chi connectivity index (χ3v) is 6.62. The zero-order chi connectivity index (χ0) is 24.5. The molecule has 0 radical (unpaired) electrons.